The second kappa shape index (κ2) is 7.23. The van der Waals surface area contributed by atoms with Gasteiger partial charge in [-0.25, -0.2) is 0 Å². The lowest BCUT2D eigenvalue weighted by molar-refractivity contribution is 0.278. The van der Waals surface area contributed by atoms with E-state index in [-0.39, 0.29) is 0 Å². The van der Waals surface area contributed by atoms with Crippen LogP contribution >= 0.6 is 11.6 Å². The van der Waals surface area contributed by atoms with Gasteiger partial charge in [0.15, 0.2) is 11.5 Å². The summed E-state index contributed by atoms with van der Waals surface area (Å²) in [5.74, 6) is 2.63. The average molecular weight is 307 g/mol. The zero-order valence-corrected chi connectivity index (χ0v) is 13.2. The van der Waals surface area contributed by atoms with E-state index in [0.29, 0.717) is 24.0 Å². The molecule has 2 rings (SSSR count). The Morgan fingerprint density at radius 3 is 2.29 bits per heavy atom. The molecular formula is C17H19ClO3. The zero-order valence-electron chi connectivity index (χ0n) is 12.5. The molecule has 0 heterocycles. The lowest BCUT2D eigenvalue weighted by Gasteiger charge is -2.14. The van der Waals surface area contributed by atoms with Crippen LogP contribution in [0.2, 0.25) is 0 Å². The van der Waals surface area contributed by atoms with Gasteiger partial charge in [-0.05, 0) is 36.8 Å². The van der Waals surface area contributed by atoms with E-state index < -0.39 is 0 Å². The van der Waals surface area contributed by atoms with Crippen LogP contribution in [0.25, 0.3) is 0 Å². The molecule has 0 aliphatic heterocycles. The summed E-state index contributed by atoms with van der Waals surface area (Å²) in [7, 11) is 3.28. The van der Waals surface area contributed by atoms with Gasteiger partial charge >= 0.3 is 0 Å². The van der Waals surface area contributed by atoms with Gasteiger partial charge in [-0.3, -0.25) is 0 Å². The van der Waals surface area contributed by atoms with Crippen LogP contribution in [-0.4, -0.2) is 14.2 Å². The summed E-state index contributed by atoms with van der Waals surface area (Å²) in [6.45, 7) is 2.46. The van der Waals surface area contributed by atoms with Crippen molar-refractivity contribution in [1.82, 2.24) is 0 Å². The minimum Gasteiger partial charge on any atom is -0.496 e. The first-order chi connectivity index (χ1) is 10.2. The SMILES string of the molecule is COc1ccc(C)cc1COc1ccc(CCl)cc1OC. The van der Waals surface area contributed by atoms with Crippen molar-refractivity contribution in [3.63, 3.8) is 0 Å². The van der Waals surface area contributed by atoms with Crippen LogP contribution in [0, 0.1) is 6.92 Å². The maximum absolute atomic E-state index is 5.86. The lowest BCUT2D eigenvalue weighted by Crippen LogP contribution is -2.01. The molecule has 0 saturated carbocycles. The molecule has 0 atom stereocenters. The predicted molar refractivity (Wildman–Crippen MR) is 84.6 cm³/mol. The topological polar surface area (TPSA) is 27.7 Å². The maximum Gasteiger partial charge on any atom is 0.161 e. The molecule has 2 aromatic carbocycles. The molecule has 21 heavy (non-hydrogen) atoms. The average Bonchev–Trinajstić information content (AvgIpc) is 2.52. The third kappa shape index (κ3) is 3.82. The Hall–Kier alpha value is -1.87. The molecule has 0 aliphatic carbocycles. The number of rotatable bonds is 6. The predicted octanol–water partition coefficient (Wildman–Crippen LogP) is 4.33. The molecule has 0 saturated heterocycles. The second-order valence-corrected chi connectivity index (χ2v) is 4.99. The van der Waals surface area contributed by atoms with Crippen LogP contribution < -0.4 is 14.2 Å². The smallest absolute Gasteiger partial charge is 0.161 e. The van der Waals surface area contributed by atoms with E-state index in [1.165, 1.54) is 5.56 Å². The number of alkyl halides is 1. The lowest BCUT2D eigenvalue weighted by atomic mass is 10.1. The molecule has 0 aromatic heterocycles. The highest BCUT2D eigenvalue weighted by Gasteiger charge is 2.08. The largest absolute Gasteiger partial charge is 0.496 e. The molecule has 3 nitrogen and oxygen atoms in total. The van der Waals surface area contributed by atoms with Gasteiger partial charge in [0, 0.05) is 11.4 Å². The highest BCUT2D eigenvalue weighted by Crippen LogP contribution is 2.30. The van der Waals surface area contributed by atoms with Gasteiger partial charge in [0.2, 0.25) is 0 Å². The van der Waals surface area contributed by atoms with Gasteiger partial charge in [0.05, 0.1) is 14.2 Å². The minimum absolute atomic E-state index is 0.418. The van der Waals surface area contributed by atoms with Crippen molar-refractivity contribution in [3.8, 4) is 17.2 Å². The van der Waals surface area contributed by atoms with E-state index in [1.54, 1.807) is 14.2 Å². The number of benzene rings is 2. The molecule has 0 amide bonds. The third-order valence-electron chi connectivity index (χ3n) is 3.20. The number of hydrogen-bond donors (Lipinski definition) is 0. The molecule has 0 bridgehead atoms. The van der Waals surface area contributed by atoms with Crippen LogP contribution in [0.4, 0.5) is 0 Å². The highest BCUT2D eigenvalue weighted by molar-refractivity contribution is 6.17. The van der Waals surface area contributed by atoms with Crippen molar-refractivity contribution in [2.75, 3.05) is 14.2 Å². The standard InChI is InChI=1S/C17H19ClO3/c1-12-4-6-15(19-2)14(8-12)11-21-16-7-5-13(10-18)9-17(16)20-3/h4-9H,10-11H2,1-3H3. The van der Waals surface area contributed by atoms with Gasteiger partial charge in [-0.2, -0.15) is 0 Å². The molecule has 0 N–H and O–H groups in total. The van der Waals surface area contributed by atoms with E-state index in [9.17, 15) is 0 Å². The van der Waals surface area contributed by atoms with Crippen LogP contribution in [0.3, 0.4) is 0 Å². The molecule has 0 aliphatic rings. The van der Waals surface area contributed by atoms with Gasteiger partial charge in [-0.15, -0.1) is 11.6 Å². The summed E-state index contributed by atoms with van der Waals surface area (Å²) in [5.41, 5.74) is 3.16. The van der Waals surface area contributed by atoms with Crippen molar-refractivity contribution in [2.45, 2.75) is 19.4 Å². The Morgan fingerprint density at radius 1 is 0.905 bits per heavy atom. The summed E-state index contributed by atoms with van der Waals surface area (Å²) >= 11 is 5.83. The molecule has 4 heteroatoms. The molecular weight excluding hydrogens is 288 g/mol. The molecule has 0 spiro atoms. The van der Waals surface area contributed by atoms with Gasteiger partial charge < -0.3 is 14.2 Å². The first kappa shape index (κ1) is 15.5. The fourth-order valence-corrected chi connectivity index (χ4v) is 2.26. The van der Waals surface area contributed by atoms with E-state index in [1.807, 2.05) is 37.3 Å². The number of halogens is 1. The van der Waals surface area contributed by atoms with E-state index in [2.05, 4.69) is 6.07 Å². The maximum atomic E-state index is 5.86. The highest BCUT2D eigenvalue weighted by atomic mass is 35.5. The van der Waals surface area contributed by atoms with Crippen molar-refractivity contribution in [2.24, 2.45) is 0 Å². The Balaban J connectivity index is 2.18. The van der Waals surface area contributed by atoms with Crippen LogP contribution in [0.1, 0.15) is 16.7 Å². The first-order valence-corrected chi connectivity index (χ1v) is 7.20. The van der Waals surface area contributed by atoms with E-state index >= 15 is 0 Å². The van der Waals surface area contributed by atoms with Gasteiger partial charge in [-0.1, -0.05) is 17.7 Å². The van der Waals surface area contributed by atoms with Crippen molar-refractivity contribution in [3.05, 3.63) is 53.1 Å². The Labute approximate surface area is 130 Å². The second-order valence-electron chi connectivity index (χ2n) is 4.72. The number of methoxy groups -OCH3 is 2. The zero-order chi connectivity index (χ0) is 15.2. The summed E-state index contributed by atoms with van der Waals surface area (Å²) in [5, 5.41) is 0. The van der Waals surface area contributed by atoms with Crippen LogP contribution in [-0.2, 0) is 12.5 Å². The molecule has 2 aromatic rings. The Bertz CT molecular complexity index is 611. The van der Waals surface area contributed by atoms with Crippen molar-refractivity contribution < 1.29 is 14.2 Å². The first-order valence-electron chi connectivity index (χ1n) is 6.67. The summed E-state index contributed by atoms with van der Waals surface area (Å²) in [4.78, 5) is 0. The molecule has 0 unspecified atom stereocenters. The monoisotopic (exact) mass is 306 g/mol. The van der Waals surface area contributed by atoms with Crippen molar-refractivity contribution >= 4 is 11.6 Å². The summed E-state index contributed by atoms with van der Waals surface area (Å²) < 4.78 is 16.6. The van der Waals surface area contributed by atoms with E-state index in [0.717, 1.165) is 16.9 Å². The molecule has 112 valence electrons. The minimum atomic E-state index is 0.418. The van der Waals surface area contributed by atoms with Gasteiger partial charge in [0.1, 0.15) is 12.4 Å². The normalized spacial score (nSPS) is 10.3. The summed E-state index contributed by atoms with van der Waals surface area (Å²) in [6.07, 6.45) is 0. The van der Waals surface area contributed by atoms with Crippen molar-refractivity contribution in [1.29, 1.82) is 0 Å². The van der Waals surface area contributed by atoms with Gasteiger partial charge in [0.25, 0.3) is 0 Å². The molecule has 0 radical (unpaired) electrons. The Morgan fingerprint density at radius 2 is 1.62 bits per heavy atom. The quantitative estimate of drug-likeness (QED) is 0.743. The van der Waals surface area contributed by atoms with Crippen LogP contribution in [0.5, 0.6) is 17.2 Å². The Kier molecular flexibility index (Phi) is 5.34. The van der Waals surface area contributed by atoms with Crippen LogP contribution in [0.15, 0.2) is 36.4 Å². The summed E-state index contributed by atoms with van der Waals surface area (Å²) in [6, 6.07) is 11.7. The molecule has 0 fully saturated rings. The third-order valence-corrected chi connectivity index (χ3v) is 3.51. The number of hydrogen-bond acceptors (Lipinski definition) is 3. The number of ether oxygens (including phenoxy) is 3. The fraction of sp³-hybridized carbons (Fsp3) is 0.294. The van der Waals surface area contributed by atoms with E-state index in [4.69, 9.17) is 25.8 Å². The number of aryl methyl sites for hydroxylation is 1. The fourth-order valence-electron chi connectivity index (χ4n) is 2.09.